The van der Waals surface area contributed by atoms with E-state index in [1.165, 1.54) is 0 Å². The van der Waals surface area contributed by atoms with Crippen LogP contribution in [-0.2, 0) is 0 Å². The fraction of sp³-hybridized carbons (Fsp3) is 1.00. The Labute approximate surface area is 58.5 Å². The van der Waals surface area contributed by atoms with E-state index in [1.54, 1.807) is 6.92 Å². The lowest BCUT2D eigenvalue weighted by Gasteiger charge is -2.18. The largest absolute Gasteiger partial charge is 0.247 e. The summed E-state index contributed by atoms with van der Waals surface area (Å²) in [7, 11) is 0. The van der Waals surface area contributed by atoms with Crippen LogP contribution >= 0.6 is 0 Å². The predicted octanol–water partition coefficient (Wildman–Crippen LogP) is 3.42. The van der Waals surface area contributed by atoms with Gasteiger partial charge in [0.2, 0.25) is 0 Å². The molecule has 0 rings (SSSR count). The second-order valence-corrected chi connectivity index (χ2v) is 2.98. The quantitative estimate of drug-likeness (QED) is 0.476. The van der Waals surface area contributed by atoms with Gasteiger partial charge in [-0.1, -0.05) is 34.6 Å². The molecule has 0 amide bonds. The van der Waals surface area contributed by atoms with Gasteiger partial charge in [-0.2, -0.15) is 0 Å². The van der Waals surface area contributed by atoms with Crippen LogP contribution in [-0.4, -0.2) is 6.17 Å². The molecule has 58 valence electrons. The van der Waals surface area contributed by atoms with Crippen molar-refractivity contribution < 1.29 is 4.39 Å². The molecule has 0 aromatic carbocycles. The third-order valence-corrected chi connectivity index (χ3v) is 1.19. The SMILES string of the molecule is CC.C[C@@H](F)C(C)(C)C. The lowest BCUT2D eigenvalue weighted by atomic mass is 9.92. The van der Waals surface area contributed by atoms with Crippen molar-refractivity contribution in [1.82, 2.24) is 0 Å². The molecule has 9 heavy (non-hydrogen) atoms. The zero-order chi connectivity index (χ0) is 8.08. The van der Waals surface area contributed by atoms with E-state index < -0.39 is 6.17 Å². The smallest absolute Gasteiger partial charge is 0.102 e. The summed E-state index contributed by atoms with van der Waals surface area (Å²) in [6, 6.07) is 0. The van der Waals surface area contributed by atoms with Crippen molar-refractivity contribution in [1.29, 1.82) is 0 Å². The first-order valence-corrected chi connectivity index (χ1v) is 3.58. The first-order chi connectivity index (χ1) is 3.94. The van der Waals surface area contributed by atoms with Gasteiger partial charge in [0, 0.05) is 0 Å². The summed E-state index contributed by atoms with van der Waals surface area (Å²) in [5, 5.41) is 0. The molecule has 0 N–H and O–H groups in total. The van der Waals surface area contributed by atoms with E-state index >= 15 is 0 Å². The van der Waals surface area contributed by atoms with E-state index in [0.29, 0.717) is 0 Å². The number of halogens is 1. The highest BCUT2D eigenvalue weighted by Crippen LogP contribution is 2.20. The van der Waals surface area contributed by atoms with E-state index in [1.807, 2.05) is 34.6 Å². The fourth-order valence-corrected chi connectivity index (χ4v) is 0. The maximum Gasteiger partial charge on any atom is 0.102 e. The fourth-order valence-electron chi connectivity index (χ4n) is 0. The van der Waals surface area contributed by atoms with Crippen LogP contribution in [0.3, 0.4) is 0 Å². The minimum Gasteiger partial charge on any atom is -0.247 e. The van der Waals surface area contributed by atoms with E-state index in [0.717, 1.165) is 0 Å². The molecule has 0 saturated heterocycles. The molecular weight excluding hydrogens is 115 g/mol. The van der Waals surface area contributed by atoms with E-state index in [4.69, 9.17) is 0 Å². The molecule has 0 heterocycles. The first kappa shape index (κ1) is 11.7. The molecule has 0 aliphatic heterocycles. The van der Waals surface area contributed by atoms with Crippen LogP contribution in [0.1, 0.15) is 41.5 Å². The zero-order valence-electron chi connectivity index (χ0n) is 7.46. The molecule has 0 spiro atoms. The summed E-state index contributed by atoms with van der Waals surface area (Å²) >= 11 is 0. The summed E-state index contributed by atoms with van der Waals surface area (Å²) in [6.45, 7) is 11.2. The Morgan fingerprint density at radius 2 is 1.22 bits per heavy atom. The van der Waals surface area contributed by atoms with Crippen molar-refractivity contribution >= 4 is 0 Å². The van der Waals surface area contributed by atoms with Crippen molar-refractivity contribution in [3.63, 3.8) is 0 Å². The number of hydrogen-bond donors (Lipinski definition) is 0. The third kappa shape index (κ3) is 7.93. The van der Waals surface area contributed by atoms with Crippen molar-refractivity contribution in [2.45, 2.75) is 47.7 Å². The number of alkyl halides is 1. The third-order valence-electron chi connectivity index (χ3n) is 1.19. The molecule has 1 atom stereocenters. The highest BCUT2D eigenvalue weighted by molar-refractivity contribution is 4.67. The number of rotatable bonds is 0. The summed E-state index contributed by atoms with van der Waals surface area (Å²) in [6.07, 6.45) is -0.701. The molecule has 0 aliphatic rings. The van der Waals surface area contributed by atoms with Crippen LogP contribution in [0.5, 0.6) is 0 Å². The molecule has 0 radical (unpaired) electrons. The highest BCUT2D eigenvalue weighted by atomic mass is 19.1. The molecule has 0 aromatic rings. The maximum atomic E-state index is 12.2. The van der Waals surface area contributed by atoms with Crippen LogP contribution in [0.25, 0.3) is 0 Å². The van der Waals surface area contributed by atoms with E-state index in [9.17, 15) is 4.39 Å². The zero-order valence-corrected chi connectivity index (χ0v) is 7.46. The van der Waals surface area contributed by atoms with Crippen LogP contribution in [0.4, 0.5) is 4.39 Å². The summed E-state index contributed by atoms with van der Waals surface area (Å²) in [5.41, 5.74) is -0.167. The minimum absolute atomic E-state index is 0.167. The van der Waals surface area contributed by atoms with Crippen molar-refractivity contribution in [3.8, 4) is 0 Å². The molecule has 0 aromatic heterocycles. The molecule has 1 heteroatoms. The molecular formula is C8H19F. The lowest BCUT2D eigenvalue weighted by molar-refractivity contribution is 0.182. The molecule has 0 aliphatic carbocycles. The van der Waals surface area contributed by atoms with Crippen LogP contribution in [0.15, 0.2) is 0 Å². The van der Waals surface area contributed by atoms with Gasteiger partial charge in [-0.3, -0.25) is 0 Å². The Balaban J connectivity index is 0. The minimum atomic E-state index is -0.701. The topological polar surface area (TPSA) is 0 Å². The average Bonchev–Trinajstić information content (AvgIpc) is 1.69. The van der Waals surface area contributed by atoms with Gasteiger partial charge < -0.3 is 0 Å². The second-order valence-electron chi connectivity index (χ2n) is 2.98. The van der Waals surface area contributed by atoms with E-state index in [-0.39, 0.29) is 5.41 Å². The standard InChI is InChI=1S/C6H13F.C2H6/c1-5(7)6(2,3)4;1-2/h5H,1-4H3;1-2H3/t5-;/m1./s1. The van der Waals surface area contributed by atoms with Crippen molar-refractivity contribution in [2.24, 2.45) is 5.41 Å². The van der Waals surface area contributed by atoms with Crippen molar-refractivity contribution in [3.05, 3.63) is 0 Å². The normalized spacial score (nSPS) is 13.7. The summed E-state index contributed by atoms with van der Waals surface area (Å²) < 4.78 is 12.2. The summed E-state index contributed by atoms with van der Waals surface area (Å²) in [5.74, 6) is 0. The summed E-state index contributed by atoms with van der Waals surface area (Å²) in [4.78, 5) is 0. The highest BCUT2D eigenvalue weighted by Gasteiger charge is 2.17. The van der Waals surface area contributed by atoms with Crippen LogP contribution in [0, 0.1) is 5.41 Å². The molecule has 0 fully saturated rings. The molecule has 0 bridgehead atoms. The Hall–Kier alpha value is -0.0700. The second kappa shape index (κ2) is 4.78. The van der Waals surface area contributed by atoms with Gasteiger partial charge in [-0.05, 0) is 12.3 Å². The van der Waals surface area contributed by atoms with Crippen LogP contribution < -0.4 is 0 Å². The molecule has 0 saturated carbocycles. The number of hydrogen-bond acceptors (Lipinski definition) is 0. The van der Waals surface area contributed by atoms with Gasteiger partial charge in [0.25, 0.3) is 0 Å². The van der Waals surface area contributed by atoms with Gasteiger partial charge in [0.1, 0.15) is 6.17 Å². The molecule has 0 unspecified atom stereocenters. The van der Waals surface area contributed by atoms with Gasteiger partial charge in [0.05, 0.1) is 0 Å². The predicted molar refractivity (Wildman–Crippen MR) is 41.4 cm³/mol. The maximum absolute atomic E-state index is 12.2. The van der Waals surface area contributed by atoms with Crippen molar-refractivity contribution in [2.75, 3.05) is 0 Å². The van der Waals surface area contributed by atoms with Gasteiger partial charge in [-0.25, -0.2) is 4.39 Å². The van der Waals surface area contributed by atoms with E-state index in [2.05, 4.69) is 0 Å². The first-order valence-electron chi connectivity index (χ1n) is 3.58. The Kier molecular flexibility index (Phi) is 6.20. The Morgan fingerprint density at radius 3 is 1.22 bits per heavy atom. The van der Waals surface area contributed by atoms with Gasteiger partial charge >= 0.3 is 0 Å². The lowest BCUT2D eigenvalue weighted by Crippen LogP contribution is -2.17. The average molecular weight is 134 g/mol. The Morgan fingerprint density at radius 1 is 1.11 bits per heavy atom. The molecule has 0 nitrogen and oxygen atoms in total. The monoisotopic (exact) mass is 134 g/mol. The van der Waals surface area contributed by atoms with Crippen LogP contribution in [0.2, 0.25) is 0 Å². The van der Waals surface area contributed by atoms with Gasteiger partial charge in [0.15, 0.2) is 0 Å². The van der Waals surface area contributed by atoms with Gasteiger partial charge in [-0.15, -0.1) is 0 Å². The Bertz CT molecular complexity index is 50.1.